The Kier molecular flexibility index (Phi) is 5.09. The molecule has 0 aliphatic carbocycles. The topological polar surface area (TPSA) is 64.3 Å². The normalized spacial score (nSPS) is 22.1. The van der Waals surface area contributed by atoms with Gasteiger partial charge in [0.25, 0.3) is 0 Å². The van der Waals surface area contributed by atoms with Crippen molar-refractivity contribution in [3.8, 4) is 0 Å². The van der Waals surface area contributed by atoms with Crippen molar-refractivity contribution in [2.75, 3.05) is 13.2 Å². The zero-order valence-electron chi connectivity index (χ0n) is 11.7. The summed E-state index contributed by atoms with van der Waals surface area (Å²) in [5.74, 6) is -0.520. The molecule has 5 heteroatoms. The highest BCUT2D eigenvalue weighted by atomic mass is 19.1. The molecule has 3 N–H and O–H groups in total. The van der Waals surface area contributed by atoms with Crippen molar-refractivity contribution in [2.24, 2.45) is 11.7 Å². The first-order chi connectivity index (χ1) is 9.61. The number of rotatable bonds is 6. The molecular weight excluding hydrogens is 259 g/mol. The van der Waals surface area contributed by atoms with Gasteiger partial charge in [0, 0.05) is 30.8 Å². The van der Waals surface area contributed by atoms with Crippen LogP contribution in [0.15, 0.2) is 18.2 Å². The Morgan fingerprint density at radius 1 is 1.55 bits per heavy atom. The van der Waals surface area contributed by atoms with E-state index in [9.17, 15) is 9.18 Å². The molecular formula is C15H21FN2O2. The Balaban J connectivity index is 1.86. The average Bonchev–Trinajstić information content (AvgIpc) is 2.87. The van der Waals surface area contributed by atoms with E-state index in [4.69, 9.17) is 10.5 Å². The minimum absolute atomic E-state index is 0.196. The molecule has 20 heavy (non-hydrogen) atoms. The zero-order chi connectivity index (χ0) is 14.5. The zero-order valence-corrected chi connectivity index (χ0v) is 11.7. The third-order valence-corrected chi connectivity index (χ3v) is 3.81. The minimum Gasteiger partial charge on any atom is -0.378 e. The molecule has 0 spiro atoms. The molecule has 1 aliphatic heterocycles. The largest absolute Gasteiger partial charge is 0.378 e. The maximum Gasteiger partial charge on any atom is 0.248 e. The predicted molar refractivity (Wildman–Crippen MR) is 74.8 cm³/mol. The highest BCUT2D eigenvalue weighted by Gasteiger charge is 2.26. The summed E-state index contributed by atoms with van der Waals surface area (Å²) in [4.78, 5) is 10.9. The number of nitrogens with one attached hydrogen (secondary N) is 1. The van der Waals surface area contributed by atoms with E-state index in [-0.39, 0.29) is 5.56 Å². The van der Waals surface area contributed by atoms with Crippen LogP contribution in [0.1, 0.15) is 35.7 Å². The molecule has 2 unspecified atom stereocenters. The molecule has 110 valence electrons. The molecule has 0 aromatic heterocycles. The van der Waals surface area contributed by atoms with Crippen LogP contribution in [0.25, 0.3) is 0 Å². The van der Waals surface area contributed by atoms with Crippen molar-refractivity contribution < 1.29 is 13.9 Å². The van der Waals surface area contributed by atoms with Crippen LogP contribution < -0.4 is 11.1 Å². The molecule has 0 saturated carbocycles. The average molecular weight is 280 g/mol. The first-order valence-corrected chi connectivity index (χ1v) is 7.02. The van der Waals surface area contributed by atoms with Gasteiger partial charge in [0.15, 0.2) is 0 Å². The van der Waals surface area contributed by atoms with Gasteiger partial charge < -0.3 is 15.8 Å². The number of halogens is 1. The number of hydrogen-bond donors (Lipinski definition) is 2. The third-order valence-electron chi connectivity index (χ3n) is 3.81. The fourth-order valence-electron chi connectivity index (χ4n) is 2.61. The van der Waals surface area contributed by atoms with Gasteiger partial charge in [-0.3, -0.25) is 4.79 Å². The Morgan fingerprint density at radius 3 is 3.00 bits per heavy atom. The van der Waals surface area contributed by atoms with Crippen molar-refractivity contribution in [3.63, 3.8) is 0 Å². The lowest BCUT2D eigenvalue weighted by Gasteiger charge is -2.17. The molecule has 0 radical (unpaired) electrons. The van der Waals surface area contributed by atoms with E-state index >= 15 is 0 Å². The molecule has 0 bridgehead atoms. The molecule has 1 aromatic rings. The number of primary amides is 1. The molecule has 1 heterocycles. The van der Waals surface area contributed by atoms with Gasteiger partial charge >= 0.3 is 0 Å². The van der Waals surface area contributed by atoms with E-state index in [0.29, 0.717) is 24.1 Å². The van der Waals surface area contributed by atoms with Crippen LogP contribution >= 0.6 is 0 Å². The Hall–Kier alpha value is -1.46. The maximum absolute atomic E-state index is 13.8. The van der Waals surface area contributed by atoms with E-state index in [1.165, 1.54) is 6.07 Å². The third kappa shape index (κ3) is 3.55. The smallest absolute Gasteiger partial charge is 0.248 e. The van der Waals surface area contributed by atoms with Crippen LogP contribution in [0.3, 0.4) is 0 Å². The molecule has 1 aliphatic rings. The maximum atomic E-state index is 13.8. The lowest BCUT2D eigenvalue weighted by molar-refractivity contribution is 0.0872. The molecule has 1 aromatic carbocycles. The van der Waals surface area contributed by atoms with Crippen LogP contribution in [0.4, 0.5) is 4.39 Å². The second-order valence-electron chi connectivity index (χ2n) is 5.17. The molecule has 1 saturated heterocycles. The first-order valence-electron chi connectivity index (χ1n) is 7.02. The monoisotopic (exact) mass is 280 g/mol. The highest BCUT2D eigenvalue weighted by molar-refractivity contribution is 5.92. The molecule has 4 nitrogen and oxygen atoms in total. The van der Waals surface area contributed by atoms with Crippen LogP contribution in [-0.4, -0.2) is 25.2 Å². The van der Waals surface area contributed by atoms with Gasteiger partial charge in [-0.2, -0.15) is 0 Å². The summed E-state index contributed by atoms with van der Waals surface area (Å²) < 4.78 is 19.4. The van der Waals surface area contributed by atoms with E-state index in [0.717, 1.165) is 26.0 Å². The highest BCUT2D eigenvalue weighted by Crippen LogP contribution is 2.22. The van der Waals surface area contributed by atoms with Gasteiger partial charge in [0.05, 0.1) is 6.10 Å². The van der Waals surface area contributed by atoms with Gasteiger partial charge in [-0.1, -0.05) is 13.0 Å². The van der Waals surface area contributed by atoms with Gasteiger partial charge in [0.1, 0.15) is 5.82 Å². The summed E-state index contributed by atoms with van der Waals surface area (Å²) in [6, 6.07) is 4.34. The predicted octanol–water partition coefficient (Wildman–Crippen LogP) is 1.83. The van der Waals surface area contributed by atoms with Crippen molar-refractivity contribution >= 4 is 5.91 Å². The summed E-state index contributed by atoms with van der Waals surface area (Å²) in [6.07, 6.45) is 2.37. The summed E-state index contributed by atoms with van der Waals surface area (Å²) in [5.41, 5.74) is 5.85. The Bertz CT molecular complexity index is 479. The number of carbonyl (C=O) groups excluding carboxylic acids is 1. The lowest BCUT2D eigenvalue weighted by atomic mass is 9.99. The van der Waals surface area contributed by atoms with Crippen molar-refractivity contribution in [1.82, 2.24) is 5.32 Å². The molecule has 2 rings (SSSR count). The van der Waals surface area contributed by atoms with Crippen LogP contribution in [0.2, 0.25) is 0 Å². The summed E-state index contributed by atoms with van der Waals surface area (Å²) in [6.45, 7) is 4.19. The van der Waals surface area contributed by atoms with E-state index in [2.05, 4.69) is 12.2 Å². The number of benzene rings is 1. The van der Waals surface area contributed by atoms with E-state index in [1.807, 2.05) is 0 Å². The SMILES string of the molecule is CCC1OCCC1CNCc1ccc(C(N)=O)cc1F. The van der Waals surface area contributed by atoms with Gasteiger partial charge in [-0.25, -0.2) is 4.39 Å². The number of carbonyl (C=O) groups is 1. The van der Waals surface area contributed by atoms with Gasteiger partial charge in [-0.15, -0.1) is 0 Å². The summed E-state index contributed by atoms with van der Waals surface area (Å²) in [5, 5.41) is 3.26. The van der Waals surface area contributed by atoms with E-state index < -0.39 is 11.7 Å². The van der Waals surface area contributed by atoms with Crippen molar-refractivity contribution in [1.29, 1.82) is 0 Å². The van der Waals surface area contributed by atoms with Crippen LogP contribution in [0.5, 0.6) is 0 Å². The summed E-state index contributed by atoms with van der Waals surface area (Å²) in [7, 11) is 0. The van der Waals surface area contributed by atoms with Crippen LogP contribution in [0, 0.1) is 11.7 Å². The van der Waals surface area contributed by atoms with Gasteiger partial charge in [-0.05, 0) is 30.9 Å². The van der Waals surface area contributed by atoms with E-state index in [1.54, 1.807) is 12.1 Å². The Labute approximate surface area is 118 Å². The van der Waals surface area contributed by atoms with Crippen LogP contribution in [-0.2, 0) is 11.3 Å². The first kappa shape index (κ1) is 14.9. The van der Waals surface area contributed by atoms with Gasteiger partial charge in [0.2, 0.25) is 5.91 Å². The quantitative estimate of drug-likeness (QED) is 0.835. The molecule has 2 atom stereocenters. The number of amides is 1. The summed E-state index contributed by atoms with van der Waals surface area (Å²) >= 11 is 0. The lowest BCUT2D eigenvalue weighted by Crippen LogP contribution is -2.28. The molecule has 1 fully saturated rings. The fourth-order valence-corrected chi connectivity index (χ4v) is 2.61. The second kappa shape index (κ2) is 6.81. The van der Waals surface area contributed by atoms with Crippen molar-refractivity contribution in [2.45, 2.75) is 32.4 Å². The molecule has 1 amide bonds. The Morgan fingerprint density at radius 2 is 2.35 bits per heavy atom. The standard InChI is InChI=1S/C15H21FN2O2/c1-2-14-12(5-6-20-14)9-18-8-11-4-3-10(15(17)19)7-13(11)16/h3-4,7,12,14,18H,2,5-6,8-9H2,1H3,(H2,17,19). The number of nitrogens with two attached hydrogens (primary N) is 1. The fraction of sp³-hybridized carbons (Fsp3) is 0.533. The second-order valence-corrected chi connectivity index (χ2v) is 5.17. The number of ether oxygens (including phenoxy) is 1. The number of hydrogen-bond acceptors (Lipinski definition) is 3. The minimum atomic E-state index is -0.614. The van der Waals surface area contributed by atoms with Crippen molar-refractivity contribution in [3.05, 3.63) is 35.1 Å².